The minimum absolute atomic E-state index is 0.0574. The Kier molecular flexibility index (Phi) is 4.45. The van der Waals surface area contributed by atoms with E-state index in [9.17, 15) is 8.60 Å². The number of anilines is 1. The van der Waals surface area contributed by atoms with Crippen molar-refractivity contribution in [1.82, 2.24) is 0 Å². The van der Waals surface area contributed by atoms with E-state index in [0.29, 0.717) is 21.2 Å². The van der Waals surface area contributed by atoms with Crippen LogP contribution in [-0.4, -0.2) is 4.21 Å². The number of nitrogen functional groups attached to an aromatic ring is 1. The highest BCUT2D eigenvalue weighted by atomic mass is 35.5. The van der Waals surface area contributed by atoms with Crippen LogP contribution in [-0.2, 0) is 16.6 Å². The van der Waals surface area contributed by atoms with Crippen LogP contribution in [0.2, 0.25) is 10.0 Å². The highest BCUT2D eigenvalue weighted by molar-refractivity contribution is 7.84. The van der Waals surface area contributed by atoms with Gasteiger partial charge in [0.2, 0.25) is 0 Å². The minimum atomic E-state index is -1.39. The van der Waals surface area contributed by atoms with Crippen molar-refractivity contribution in [3.8, 4) is 0 Å². The summed E-state index contributed by atoms with van der Waals surface area (Å²) in [6.07, 6.45) is 0. The number of halogens is 3. The van der Waals surface area contributed by atoms with Crippen LogP contribution in [0, 0.1) is 5.82 Å². The summed E-state index contributed by atoms with van der Waals surface area (Å²) in [6.45, 7) is 0. The molecule has 0 saturated carbocycles. The largest absolute Gasteiger partial charge is 0.398 e. The first-order valence-electron chi connectivity index (χ1n) is 5.35. The lowest BCUT2D eigenvalue weighted by atomic mass is 10.2. The first kappa shape index (κ1) is 14.3. The molecule has 2 N–H and O–H groups in total. The molecule has 1 unspecified atom stereocenters. The molecule has 0 saturated heterocycles. The molecule has 2 aromatic rings. The molecule has 1 atom stereocenters. The monoisotopic (exact) mass is 317 g/mol. The molecule has 0 bridgehead atoms. The maximum atomic E-state index is 13.0. The third-order valence-corrected chi connectivity index (χ3v) is 4.56. The van der Waals surface area contributed by atoms with Crippen LogP contribution in [0.15, 0.2) is 41.3 Å². The highest BCUT2D eigenvalue weighted by Crippen LogP contribution is 2.26. The zero-order valence-electron chi connectivity index (χ0n) is 9.70. The SMILES string of the molecule is Nc1cccc(Cl)c1CS(=O)c1ccc(F)c(Cl)c1. The fourth-order valence-corrected chi connectivity index (χ4v) is 3.35. The molecule has 2 rings (SSSR count). The molecule has 0 aromatic heterocycles. The van der Waals surface area contributed by atoms with E-state index in [-0.39, 0.29) is 10.8 Å². The van der Waals surface area contributed by atoms with Crippen molar-refractivity contribution in [3.63, 3.8) is 0 Å². The highest BCUT2D eigenvalue weighted by Gasteiger charge is 2.12. The molecule has 0 aliphatic carbocycles. The van der Waals surface area contributed by atoms with Crippen LogP contribution in [0.25, 0.3) is 0 Å². The Bertz CT molecular complexity index is 628. The summed E-state index contributed by atoms with van der Waals surface area (Å²) in [5, 5.41) is 0.402. The van der Waals surface area contributed by atoms with E-state index in [1.165, 1.54) is 18.2 Å². The van der Waals surface area contributed by atoms with E-state index >= 15 is 0 Å². The van der Waals surface area contributed by atoms with E-state index in [4.69, 9.17) is 28.9 Å². The van der Waals surface area contributed by atoms with Gasteiger partial charge in [0.1, 0.15) is 5.82 Å². The Morgan fingerprint density at radius 2 is 1.89 bits per heavy atom. The molecule has 0 amide bonds. The van der Waals surface area contributed by atoms with E-state index in [1.807, 2.05) is 0 Å². The van der Waals surface area contributed by atoms with Crippen LogP contribution < -0.4 is 5.73 Å². The maximum Gasteiger partial charge on any atom is 0.141 e. The molecule has 6 heteroatoms. The van der Waals surface area contributed by atoms with Crippen molar-refractivity contribution in [2.75, 3.05) is 5.73 Å². The van der Waals surface area contributed by atoms with Crippen molar-refractivity contribution >= 4 is 39.7 Å². The number of rotatable bonds is 3. The van der Waals surface area contributed by atoms with Gasteiger partial charge in [0.25, 0.3) is 0 Å². The molecule has 2 aromatic carbocycles. The van der Waals surface area contributed by atoms with Gasteiger partial charge in [-0.15, -0.1) is 0 Å². The van der Waals surface area contributed by atoms with E-state index in [0.717, 1.165) is 0 Å². The molecule has 0 fully saturated rings. The van der Waals surface area contributed by atoms with Gasteiger partial charge in [0, 0.05) is 21.2 Å². The predicted molar refractivity (Wildman–Crippen MR) is 77.4 cm³/mol. The van der Waals surface area contributed by atoms with Gasteiger partial charge in [0.05, 0.1) is 21.6 Å². The van der Waals surface area contributed by atoms with Crippen LogP contribution >= 0.6 is 23.2 Å². The molecule has 0 heterocycles. The smallest absolute Gasteiger partial charge is 0.141 e. The first-order chi connectivity index (χ1) is 8.99. The summed E-state index contributed by atoms with van der Waals surface area (Å²) in [7, 11) is -1.39. The summed E-state index contributed by atoms with van der Waals surface area (Å²) in [5.74, 6) is -0.382. The fourth-order valence-electron chi connectivity index (χ4n) is 1.56. The summed E-state index contributed by atoms with van der Waals surface area (Å²) >= 11 is 11.7. The van der Waals surface area contributed by atoms with Crippen molar-refractivity contribution in [3.05, 3.63) is 57.8 Å². The third-order valence-electron chi connectivity index (χ3n) is 2.58. The Morgan fingerprint density at radius 1 is 1.16 bits per heavy atom. The van der Waals surface area contributed by atoms with Crippen molar-refractivity contribution in [2.24, 2.45) is 0 Å². The Labute approximate surface area is 122 Å². The van der Waals surface area contributed by atoms with Gasteiger partial charge >= 0.3 is 0 Å². The predicted octanol–water partition coefficient (Wildman–Crippen LogP) is 4.02. The van der Waals surface area contributed by atoms with Gasteiger partial charge in [-0.2, -0.15) is 0 Å². The Hall–Kier alpha value is -1.10. The van der Waals surface area contributed by atoms with Crippen LogP contribution in [0.3, 0.4) is 0 Å². The zero-order chi connectivity index (χ0) is 14.0. The Morgan fingerprint density at radius 3 is 2.53 bits per heavy atom. The summed E-state index contributed by atoms with van der Waals surface area (Å²) in [6, 6.07) is 9.06. The van der Waals surface area contributed by atoms with Crippen molar-refractivity contribution in [1.29, 1.82) is 0 Å². The molecule has 0 aliphatic heterocycles. The molecule has 0 radical (unpaired) electrons. The second-order valence-corrected chi connectivity index (χ2v) is 6.14. The van der Waals surface area contributed by atoms with Crippen LogP contribution in [0.5, 0.6) is 0 Å². The normalized spacial score (nSPS) is 12.4. The molecule has 2 nitrogen and oxygen atoms in total. The van der Waals surface area contributed by atoms with Gasteiger partial charge in [-0.05, 0) is 30.3 Å². The molecule has 100 valence electrons. The summed E-state index contributed by atoms with van der Waals surface area (Å²) in [4.78, 5) is 0.436. The third kappa shape index (κ3) is 3.26. The van der Waals surface area contributed by atoms with E-state index in [2.05, 4.69) is 0 Å². The second-order valence-electron chi connectivity index (χ2n) is 3.87. The van der Waals surface area contributed by atoms with Crippen molar-refractivity contribution in [2.45, 2.75) is 10.6 Å². The summed E-state index contributed by atoms with van der Waals surface area (Å²) < 4.78 is 25.2. The molecular formula is C13H10Cl2FNOS. The zero-order valence-corrected chi connectivity index (χ0v) is 12.0. The van der Waals surface area contributed by atoms with Gasteiger partial charge in [-0.3, -0.25) is 4.21 Å². The van der Waals surface area contributed by atoms with Gasteiger partial charge in [-0.1, -0.05) is 29.3 Å². The van der Waals surface area contributed by atoms with E-state index < -0.39 is 16.6 Å². The number of nitrogens with two attached hydrogens (primary N) is 1. The maximum absolute atomic E-state index is 13.0. The van der Waals surface area contributed by atoms with E-state index in [1.54, 1.807) is 18.2 Å². The number of hydrogen-bond donors (Lipinski definition) is 1. The number of hydrogen-bond acceptors (Lipinski definition) is 2. The standard InChI is InChI=1S/C13H10Cl2FNOS/c14-10-2-1-3-13(17)9(10)7-19(18)8-4-5-12(16)11(15)6-8/h1-6H,7,17H2. The molecule has 0 aliphatic rings. The Balaban J connectivity index is 2.28. The second kappa shape index (κ2) is 5.90. The topological polar surface area (TPSA) is 43.1 Å². The molecule has 0 spiro atoms. The fraction of sp³-hybridized carbons (Fsp3) is 0.0769. The minimum Gasteiger partial charge on any atom is -0.398 e. The van der Waals surface area contributed by atoms with Crippen molar-refractivity contribution < 1.29 is 8.60 Å². The average Bonchev–Trinajstić information content (AvgIpc) is 2.37. The van der Waals surface area contributed by atoms with Gasteiger partial charge < -0.3 is 5.73 Å². The van der Waals surface area contributed by atoms with Gasteiger partial charge in [0.15, 0.2) is 0 Å². The van der Waals surface area contributed by atoms with Crippen LogP contribution in [0.1, 0.15) is 5.56 Å². The molecular weight excluding hydrogens is 308 g/mol. The lowest BCUT2D eigenvalue weighted by molar-refractivity contribution is 0.626. The lowest BCUT2D eigenvalue weighted by Crippen LogP contribution is -2.01. The summed E-state index contributed by atoms with van der Waals surface area (Å²) in [5.41, 5.74) is 6.89. The lowest BCUT2D eigenvalue weighted by Gasteiger charge is -2.08. The molecule has 19 heavy (non-hydrogen) atoms. The first-order valence-corrected chi connectivity index (χ1v) is 7.43. The average molecular weight is 318 g/mol. The van der Waals surface area contributed by atoms with Gasteiger partial charge in [-0.25, -0.2) is 4.39 Å². The van der Waals surface area contributed by atoms with Crippen LogP contribution in [0.4, 0.5) is 10.1 Å². The quantitative estimate of drug-likeness (QED) is 0.869. The number of benzene rings is 2.